The molecular formula is C16H24N2O3. The van der Waals surface area contributed by atoms with Crippen LogP contribution in [0.1, 0.15) is 33.6 Å². The van der Waals surface area contributed by atoms with Crippen molar-refractivity contribution in [2.75, 3.05) is 13.2 Å². The number of hydrogen-bond donors (Lipinski definition) is 1. The first-order valence-electron chi connectivity index (χ1n) is 7.40. The molecule has 116 valence electrons. The molecule has 0 aromatic heterocycles. The van der Waals surface area contributed by atoms with Crippen LogP contribution in [0, 0.1) is 0 Å². The average molecular weight is 292 g/mol. The zero-order valence-corrected chi connectivity index (χ0v) is 13.0. The van der Waals surface area contributed by atoms with E-state index in [9.17, 15) is 9.59 Å². The van der Waals surface area contributed by atoms with E-state index in [1.165, 1.54) is 0 Å². The van der Waals surface area contributed by atoms with E-state index in [-0.39, 0.29) is 17.9 Å². The lowest BCUT2D eigenvalue weighted by Gasteiger charge is -2.38. The summed E-state index contributed by atoms with van der Waals surface area (Å²) in [4.78, 5) is 25.1. The fraction of sp³-hybridized carbons (Fsp3) is 0.500. The Bertz CT molecular complexity index is 466. The molecule has 0 saturated carbocycles. The molecule has 5 nitrogen and oxygen atoms in total. The molecular weight excluding hydrogens is 268 g/mol. The topological polar surface area (TPSA) is 58.6 Å². The monoisotopic (exact) mass is 292 g/mol. The Morgan fingerprint density at radius 3 is 2.67 bits per heavy atom. The quantitative estimate of drug-likeness (QED) is 0.810. The molecule has 2 heterocycles. The summed E-state index contributed by atoms with van der Waals surface area (Å²) in [5.74, 6) is 0.276. The van der Waals surface area contributed by atoms with Gasteiger partial charge in [-0.2, -0.15) is 0 Å². The Labute approximate surface area is 126 Å². The van der Waals surface area contributed by atoms with Crippen LogP contribution in [0.2, 0.25) is 0 Å². The highest BCUT2D eigenvalue weighted by Crippen LogP contribution is 2.25. The summed E-state index contributed by atoms with van der Waals surface area (Å²) in [5.41, 5.74) is 0.804. The molecule has 21 heavy (non-hydrogen) atoms. The SMILES string of the molecule is C=CC1=C(/C=C\C)OCCN1C1CCC(=O)NC1=O.CC. The largest absolute Gasteiger partial charge is 0.490 e. The van der Waals surface area contributed by atoms with E-state index in [0.717, 1.165) is 5.70 Å². The van der Waals surface area contributed by atoms with Gasteiger partial charge in [0.25, 0.3) is 0 Å². The lowest BCUT2D eigenvalue weighted by atomic mass is 10.0. The minimum atomic E-state index is -0.324. The van der Waals surface area contributed by atoms with E-state index in [1.54, 1.807) is 6.08 Å². The van der Waals surface area contributed by atoms with Crippen LogP contribution in [-0.2, 0) is 14.3 Å². The molecule has 0 aliphatic carbocycles. The summed E-state index contributed by atoms with van der Waals surface area (Å²) in [6, 6.07) is -0.324. The number of imide groups is 1. The van der Waals surface area contributed by atoms with Gasteiger partial charge >= 0.3 is 0 Å². The molecule has 5 heteroatoms. The van der Waals surface area contributed by atoms with Crippen LogP contribution >= 0.6 is 0 Å². The number of nitrogens with one attached hydrogen (secondary N) is 1. The van der Waals surface area contributed by atoms with Crippen molar-refractivity contribution in [1.82, 2.24) is 10.2 Å². The molecule has 0 aromatic carbocycles. The van der Waals surface area contributed by atoms with Gasteiger partial charge in [-0.3, -0.25) is 14.9 Å². The van der Waals surface area contributed by atoms with Crippen LogP contribution in [0.4, 0.5) is 0 Å². The molecule has 1 saturated heterocycles. The maximum atomic E-state index is 11.9. The summed E-state index contributed by atoms with van der Waals surface area (Å²) in [7, 11) is 0. The van der Waals surface area contributed by atoms with E-state index in [1.807, 2.05) is 37.8 Å². The second-order valence-corrected chi connectivity index (χ2v) is 4.46. The lowest BCUT2D eigenvalue weighted by Crippen LogP contribution is -2.53. The van der Waals surface area contributed by atoms with Gasteiger partial charge in [-0.15, -0.1) is 0 Å². The van der Waals surface area contributed by atoms with Crippen LogP contribution in [0.25, 0.3) is 0 Å². The predicted octanol–water partition coefficient (Wildman–Crippen LogP) is 2.12. The van der Waals surface area contributed by atoms with Crippen LogP contribution in [-0.4, -0.2) is 35.9 Å². The molecule has 0 radical (unpaired) electrons. The summed E-state index contributed by atoms with van der Waals surface area (Å²) in [5, 5.41) is 2.38. The highest BCUT2D eigenvalue weighted by Gasteiger charge is 2.34. The van der Waals surface area contributed by atoms with Crippen molar-refractivity contribution in [3.63, 3.8) is 0 Å². The van der Waals surface area contributed by atoms with Crippen molar-refractivity contribution in [1.29, 1.82) is 0 Å². The summed E-state index contributed by atoms with van der Waals surface area (Å²) < 4.78 is 5.58. The van der Waals surface area contributed by atoms with Gasteiger partial charge in [0.05, 0.1) is 12.2 Å². The Hall–Kier alpha value is -2.04. The Morgan fingerprint density at radius 2 is 2.10 bits per heavy atom. The molecule has 1 unspecified atom stereocenters. The predicted molar refractivity (Wildman–Crippen MR) is 82.2 cm³/mol. The molecule has 2 aliphatic heterocycles. The smallest absolute Gasteiger partial charge is 0.249 e. The number of rotatable bonds is 3. The summed E-state index contributed by atoms with van der Waals surface area (Å²) in [6.07, 6.45) is 6.34. The van der Waals surface area contributed by atoms with Gasteiger partial charge in [0, 0.05) is 6.42 Å². The van der Waals surface area contributed by atoms with Crippen LogP contribution in [0.3, 0.4) is 0 Å². The number of carbonyl (C=O) groups is 2. The first-order chi connectivity index (χ1) is 10.2. The third-order valence-electron chi connectivity index (χ3n) is 3.25. The van der Waals surface area contributed by atoms with E-state index in [2.05, 4.69) is 11.9 Å². The van der Waals surface area contributed by atoms with Crippen molar-refractivity contribution in [3.8, 4) is 0 Å². The molecule has 2 aliphatic rings. The molecule has 1 atom stereocenters. The molecule has 1 fully saturated rings. The van der Waals surface area contributed by atoms with Crippen LogP contribution in [0.15, 0.2) is 36.3 Å². The number of amides is 2. The second kappa shape index (κ2) is 8.29. The van der Waals surface area contributed by atoms with Crippen molar-refractivity contribution in [2.24, 2.45) is 0 Å². The second-order valence-electron chi connectivity index (χ2n) is 4.46. The highest BCUT2D eigenvalue weighted by molar-refractivity contribution is 6.00. The van der Waals surface area contributed by atoms with E-state index >= 15 is 0 Å². The van der Waals surface area contributed by atoms with Crippen molar-refractivity contribution in [2.45, 2.75) is 39.7 Å². The van der Waals surface area contributed by atoms with Crippen molar-refractivity contribution < 1.29 is 14.3 Å². The standard InChI is InChI=1S/C14H18N2O3.C2H6/c1-3-5-12-10(4-2)16(8-9-19-12)11-6-7-13(17)15-14(11)18;1-2/h3-5,11H,2,6-9H2,1H3,(H,15,17,18);1-2H3/b5-3-;. The maximum Gasteiger partial charge on any atom is 0.249 e. The number of nitrogens with zero attached hydrogens (tertiary/aromatic N) is 1. The number of hydrogen-bond acceptors (Lipinski definition) is 4. The minimum absolute atomic E-state index is 0.202. The number of piperidine rings is 1. The van der Waals surface area contributed by atoms with E-state index < -0.39 is 0 Å². The van der Waals surface area contributed by atoms with Crippen molar-refractivity contribution >= 4 is 11.8 Å². The van der Waals surface area contributed by atoms with Gasteiger partial charge in [-0.05, 0) is 25.5 Å². The fourth-order valence-corrected chi connectivity index (χ4v) is 2.40. The summed E-state index contributed by atoms with van der Waals surface area (Å²) in [6.45, 7) is 10.8. The van der Waals surface area contributed by atoms with Gasteiger partial charge in [-0.25, -0.2) is 0 Å². The van der Waals surface area contributed by atoms with E-state index in [0.29, 0.717) is 31.8 Å². The average Bonchev–Trinajstić information content (AvgIpc) is 2.49. The molecule has 0 bridgehead atoms. The van der Waals surface area contributed by atoms with Crippen molar-refractivity contribution in [3.05, 3.63) is 36.3 Å². The zero-order valence-electron chi connectivity index (χ0n) is 13.0. The molecule has 2 rings (SSSR count). The van der Waals surface area contributed by atoms with Gasteiger partial charge in [0.1, 0.15) is 18.4 Å². The number of ether oxygens (including phenoxy) is 1. The molecule has 1 N–H and O–H groups in total. The Balaban J connectivity index is 0.00000106. The first kappa shape index (κ1) is 17.0. The minimum Gasteiger partial charge on any atom is -0.490 e. The van der Waals surface area contributed by atoms with Gasteiger partial charge < -0.3 is 9.64 Å². The van der Waals surface area contributed by atoms with Gasteiger partial charge in [-0.1, -0.05) is 26.5 Å². The van der Waals surface area contributed by atoms with Crippen LogP contribution in [0.5, 0.6) is 0 Å². The van der Waals surface area contributed by atoms with E-state index in [4.69, 9.17) is 4.74 Å². The highest BCUT2D eigenvalue weighted by atomic mass is 16.5. The third kappa shape index (κ3) is 3.97. The third-order valence-corrected chi connectivity index (χ3v) is 3.25. The summed E-state index contributed by atoms with van der Waals surface area (Å²) >= 11 is 0. The number of allylic oxidation sites excluding steroid dienone is 3. The number of carbonyl (C=O) groups excluding carboxylic acids is 2. The Morgan fingerprint density at radius 1 is 1.38 bits per heavy atom. The normalized spacial score (nSPS) is 22.4. The van der Waals surface area contributed by atoms with Gasteiger partial charge in [0.2, 0.25) is 11.8 Å². The molecule has 0 aromatic rings. The molecule has 0 spiro atoms. The van der Waals surface area contributed by atoms with Gasteiger partial charge in [0.15, 0.2) is 0 Å². The van der Waals surface area contributed by atoms with Crippen LogP contribution < -0.4 is 5.32 Å². The maximum absolute atomic E-state index is 11.9. The Kier molecular flexibility index (Phi) is 6.72. The lowest BCUT2D eigenvalue weighted by molar-refractivity contribution is -0.137. The first-order valence-corrected chi connectivity index (χ1v) is 7.40. The zero-order chi connectivity index (χ0) is 15.8. The fourth-order valence-electron chi connectivity index (χ4n) is 2.40. The molecule has 2 amide bonds.